The van der Waals surface area contributed by atoms with Crippen LogP contribution in [-0.2, 0) is 4.79 Å². The Morgan fingerprint density at radius 3 is 2.87 bits per heavy atom. The quantitative estimate of drug-likeness (QED) is 0.590. The highest BCUT2D eigenvalue weighted by molar-refractivity contribution is 7.09. The second-order valence-electron chi connectivity index (χ2n) is 7.36. The number of hydrogen-bond acceptors (Lipinski definition) is 9. The van der Waals surface area contributed by atoms with Gasteiger partial charge in [-0.1, -0.05) is 0 Å². The molecule has 156 valence electrons. The van der Waals surface area contributed by atoms with Crippen molar-refractivity contribution in [2.75, 3.05) is 23.0 Å². The molecule has 1 amide bonds. The molecule has 4 rings (SSSR count). The van der Waals surface area contributed by atoms with Gasteiger partial charge in [-0.3, -0.25) is 4.79 Å². The topological polar surface area (TPSA) is 119 Å². The SMILES string of the molecule is CC(C)Oc1cnc(-c2nsc(Nc3ncccc3N(C)C(=O)C3CC3)n2)cc1N. The van der Waals surface area contributed by atoms with Gasteiger partial charge in [-0.2, -0.15) is 9.36 Å². The molecule has 0 bridgehead atoms. The number of pyridine rings is 2. The molecule has 9 nitrogen and oxygen atoms in total. The Hall–Kier alpha value is -3.27. The second kappa shape index (κ2) is 8.23. The van der Waals surface area contributed by atoms with E-state index in [1.54, 1.807) is 36.5 Å². The van der Waals surface area contributed by atoms with Gasteiger partial charge < -0.3 is 20.7 Å². The number of hydrogen-bond donors (Lipinski definition) is 2. The van der Waals surface area contributed by atoms with E-state index in [0.717, 1.165) is 12.8 Å². The van der Waals surface area contributed by atoms with Crippen LogP contribution in [0.2, 0.25) is 0 Å². The Balaban J connectivity index is 1.53. The van der Waals surface area contributed by atoms with Gasteiger partial charge in [0.25, 0.3) is 0 Å². The molecular weight excluding hydrogens is 402 g/mol. The first kappa shape index (κ1) is 20.0. The first-order valence-electron chi connectivity index (χ1n) is 9.68. The summed E-state index contributed by atoms with van der Waals surface area (Å²) in [7, 11) is 1.77. The maximum Gasteiger partial charge on any atom is 0.229 e. The average molecular weight is 426 g/mol. The predicted molar refractivity (Wildman–Crippen MR) is 117 cm³/mol. The lowest BCUT2D eigenvalue weighted by Crippen LogP contribution is -2.28. The van der Waals surface area contributed by atoms with Gasteiger partial charge in [-0.25, -0.2) is 9.97 Å². The fraction of sp³-hybridized carbons (Fsp3) is 0.350. The van der Waals surface area contributed by atoms with Gasteiger partial charge in [0, 0.05) is 30.7 Å². The zero-order valence-corrected chi connectivity index (χ0v) is 17.8. The fourth-order valence-electron chi connectivity index (χ4n) is 2.90. The van der Waals surface area contributed by atoms with Gasteiger partial charge in [0.2, 0.25) is 11.0 Å². The minimum Gasteiger partial charge on any atom is -0.487 e. The molecule has 0 unspecified atom stereocenters. The molecule has 10 heteroatoms. The molecule has 0 aliphatic heterocycles. The van der Waals surface area contributed by atoms with E-state index < -0.39 is 0 Å². The summed E-state index contributed by atoms with van der Waals surface area (Å²) in [5, 5.41) is 3.71. The maximum absolute atomic E-state index is 12.4. The summed E-state index contributed by atoms with van der Waals surface area (Å²) in [6.07, 6.45) is 5.14. The number of anilines is 4. The van der Waals surface area contributed by atoms with Gasteiger partial charge in [0.1, 0.15) is 5.69 Å². The van der Waals surface area contributed by atoms with Crippen LogP contribution in [0.5, 0.6) is 5.75 Å². The van der Waals surface area contributed by atoms with Crippen molar-refractivity contribution < 1.29 is 9.53 Å². The van der Waals surface area contributed by atoms with Crippen molar-refractivity contribution in [3.8, 4) is 17.3 Å². The molecular formula is C20H23N7O2S. The van der Waals surface area contributed by atoms with E-state index in [1.165, 1.54) is 11.5 Å². The largest absolute Gasteiger partial charge is 0.487 e. The zero-order chi connectivity index (χ0) is 21.3. The Bertz CT molecular complexity index is 1060. The Morgan fingerprint density at radius 1 is 1.37 bits per heavy atom. The fourth-order valence-corrected chi connectivity index (χ4v) is 3.48. The van der Waals surface area contributed by atoms with Gasteiger partial charge in [-0.05, 0) is 44.9 Å². The van der Waals surface area contributed by atoms with Crippen molar-refractivity contribution in [3.05, 3.63) is 30.6 Å². The third-order valence-electron chi connectivity index (χ3n) is 4.55. The molecule has 3 N–H and O–H groups in total. The summed E-state index contributed by atoms with van der Waals surface area (Å²) in [4.78, 5) is 27.3. The molecule has 0 saturated heterocycles. The standard InChI is InChI=1S/C20H23N7O2S/c1-11(2)29-16-10-23-14(9-13(16)21)17-24-20(30-26-17)25-18-15(5-4-8-22-18)27(3)19(28)12-6-7-12/h4-5,8-12H,6-7H2,1-3H3,(H2,21,23)(H,22,24,25,26). The molecule has 0 radical (unpaired) electrons. The monoisotopic (exact) mass is 425 g/mol. The van der Waals surface area contributed by atoms with Crippen molar-refractivity contribution in [2.45, 2.75) is 32.8 Å². The summed E-state index contributed by atoms with van der Waals surface area (Å²) < 4.78 is 9.98. The number of nitrogens with two attached hydrogens (primary N) is 1. The molecule has 1 aliphatic rings. The highest BCUT2D eigenvalue weighted by Gasteiger charge is 2.33. The van der Waals surface area contributed by atoms with E-state index in [-0.39, 0.29) is 17.9 Å². The number of carbonyl (C=O) groups is 1. The zero-order valence-electron chi connectivity index (χ0n) is 17.0. The van der Waals surface area contributed by atoms with Crippen LogP contribution in [0.15, 0.2) is 30.6 Å². The number of amides is 1. The molecule has 0 aromatic carbocycles. The van der Waals surface area contributed by atoms with Crippen LogP contribution in [-0.4, -0.2) is 38.4 Å². The van der Waals surface area contributed by atoms with Gasteiger partial charge in [0.15, 0.2) is 17.4 Å². The average Bonchev–Trinajstić information content (AvgIpc) is 3.47. The molecule has 3 heterocycles. The summed E-state index contributed by atoms with van der Waals surface area (Å²) in [5.74, 6) is 1.75. The van der Waals surface area contributed by atoms with Crippen molar-refractivity contribution >= 4 is 39.8 Å². The van der Waals surface area contributed by atoms with E-state index in [1.807, 2.05) is 19.9 Å². The lowest BCUT2D eigenvalue weighted by molar-refractivity contribution is -0.119. The van der Waals surface area contributed by atoms with Crippen LogP contribution in [0.4, 0.5) is 22.3 Å². The number of nitrogens with one attached hydrogen (secondary N) is 1. The Labute approximate surface area is 178 Å². The first-order valence-corrected chi connectivity index (χ1v) is 10.5. The molecule has 3 aromatic heterocycles. The summed E-state index contributed by atoms with van der Waals surface area (Å²) in [6, 6.07) is 5.35. The van der Waals surface area contributed by atoms with Crippen LogP contribution in [0, 0.1) is 5.92 Å². The van der Waals surface area contributed by atoms with Gasteiger partial charge >= 0.3 is 0 Å². The summed E-state index contributed by atoms with van der Waals surface area (Å²) in [6.45, 7) is 3.85. The lowest BCUT2D eigenvalue weighted by Gasteiger charge is -2.19. The number of nitrogens with zero attached hydrogens (tertiary/aromatic N) is 5. The molecule has 1 saturated carbocycles. The lowest BCUT2D eigenvalue weighted by atomic mass is 10.3. The number of nitrogen functional groups attached to an aromatic ring is 1. The highest BCUT2D eigenvalue weighted by Crippen LogP contribution is 2.35. The third kappa shape index (κ3) is 4.33. The van der Waals surface area contributed by atoms with E-state index in [4.69, 9.17) is 10.5 Å². The van der Waals surface area contributed by atoms with Crippen molar-refractivity contribution in [2.24, 2.45) is 5.92 Å². The van der Waals surface area contributed by atoms with Crippen molar-refractivity contribution in [1.29, 1.82) is 0 Å². The molecule has 1 aliphatic carbocycles. The van der Waals surface area contributed by atoms with E-state index >= 15 is 0 Å². The Morgan fingerprint density at radius 2 is 2.17 bits per heavy atom. The van der Waals surface area contributed by atoms with E-state index in [2.05, 4.69) is 24.6 Å². The van der Waals surface area contributed by atoms with Crippen LogP contribution in [0.3, 0.4) is 0 Å². The normalized spacial score (nSPS) is 13.3. The van der Waals surface area contributed by atoms with Crippen LogP contribution >= 0.6 is 11.5 Å². The van der Waals surface area contributed by atoms with E-state index in [0.29, 0.717) is 39.6 Å². The third-order valence-corrected chi connectivity index (χ3v) is 5.18. The molecule has 3 aromatic rings. The van der Waals surface area contributed by atoms with Crippen LogP contribution in [0.25, 0.3) is 11.5 Å². The number of rotatable bonds is 7. The molecule has 1 fully saturated rings. The summed E-state index contributed by atoms with van der Waals surface area (Å²) >= 11 is 1.18. The van der Waals surface area contributed by atoms with Gasteiger partial charge in [0.05, 0.1) is 23.7 Å². The summed E-state index contributed by atoms with van der Waals surface area (Å²) in [5.41, 5.74) is 7.79. The molecule has 0 atom stereocenters. The predicted octanol–water partition coefficient (Wildman–Crippen LogP) is 3.48. The van der Waals surface area contributed by atoms with Crippen LogP contribution in [0.1, 0.15) is 26.7 Å². The molecule has 30 heavy (non-hydrogen) atoms. The minimum absolute atomic E-state index is 0.00523. The maximum atomic E-state index is 12.4. The Kier molecular flexibility index (Phi) is 5.49. The number of ether oxygens (including phenoxy) is 1. The van der Waals surface area contributed by atoms with Gasteiger partial charge in [-0.15, -0.1) is 0 Å². The number of carbonyl (C=O) groups excluding carboxylic acids is 1. The smallest absolute Gasteiger partial charge is 0.229 e. The second-order valence-corrected chi connectivity index (χ2v) is 8.12. The highest BCUT2D eigenvalue weighted by atomic mass is 32.1. The van der Waals surface area contributed by atoms with E-state index in [9.17, 15) is 4.79 Å². The van der Waals surface area contributed by atoms with Crippen LogP contribution < -0.4 is 20.7 Å². The van der Waals surface area contributed by atoms with Crippen molar-refractivity contribution in [1.82, 2.24) is 19.3 Å². The first-order chi connectivity index (χ1) is 14.4. The van der Waals surface area contributed by atoms with Crippen molar-refractivity contribution in [3.63, 3.8) is 0 Å². The molecule has 0 spiro atoms. The minimum atomic E-state index is 0.00523. The number of aromatic nitrogens is 4.